The first kappa shape index (κ1) is 9.46. The second-order valence-corrected chi connectivity index (χ2v) is 3.78. The third-order valence-corrected chi connectivity index (χ3v) is 2.94. The predicted octanol–water partition coefficient (Wildman–Crippen LogP) is 1.45. The number of hydrogen-bond acceptors (Lipinski definition) is 3. The van der Waals surface area contributed by atoms with Gasteiger partial charge in [0.2, 0.25) is 0 Å². The second-order valence-electron chi connectivity index (χ2n) is 3.78. The fourth-order valence-corrected chi connectivity index (χ4v) is 2.09. The molecule has 0 aromatic heterocycles. The maximum atomic E-state index is 11.1. The molecule has 0 aromatic rings. The van der Waals surface area contributed by atoms with E-state index in [2.05, 4.69) is 16.9 Å². The summed E-state index contributed by atoms with van der Waals surface area (Å²) in [5.74, 6) is -0.287. The number of ether oxygens (including phenoxy) is 2. The summed E-state index contributed by atoms with van der Waals surface area (Å²) in [7, 11) is 1.40. The van der Waals surface area contributed by atoms with Crippen molar-refractivity contribution in [1.82, 2.24) is 0 Å². The second kappa shape index (κ2) is 3.58. The molecule has 0 radical (unpaired) electrons. The van der Waals surface area contributed by atoms with Crippen LogP contribution in [0.5, 0.6) is 0 Å². The molecule has 2 aliphatic rings. The normalized spacial score (nSPS) is 33.1. The van der Waals surface area contributed by atoms with Crippen LogP contribution < -0.4 is 0 Å². The van der Waals surface area contributed by atoms with E-state index in [9.17, 15) is 4.79 Å². The van der Waals surface area contributed by atoms with E-state index in [-0.39, 0.29) is 11.4 Å². The van der Waals surface area contributed by atoms with Gasteiger partial charge in [-0.2, -0.15) is 0 Å². The molecule has 1 spiro atoms. The van der Waals surface area contributed by atoms with Gasteiger partial charge >= 0.3 is 5.97 Å². The molecule has 0 bridgehead atoms. The Labute approximate surface area is 83.4 Å². The van der Waals surface area contributed by atoms with E-state index in [1.165, 1.54) is 7.11 Å². The lowest BCUT2D eigenvalue weighted by molar-refractivity contribution is -0.134. The highest BCUT2D eigenvalue weighted by molar-refractivity contribution is 5.83. The van der Waals surface area contributed by atoms with E-state index < -0.39 is 0 Å². The molecule has 1 saturated heterocycles. The Morgan fingerprint density at radius 2 is 2.57 bits per heavy atom. The first-order valence-electron chi connectivity index (χ1n) is 4.81. The van der Waals surface area contributed by atoms with Crippen LogP contribution in [0.15, 0.2) is 23.8 Å². The van der Waals surface area contributed by atoms with Gasteiger partial charge in [-0.3, -0.25) is 0 Å². The molecule has 1 aliphatic heterocycles. The molecule has 0 N–H and O–H groups in total. The molecule has 14 heavy (non-hydrogen) atoms. The summed E-state index contributed by atoms with van der Waals surface area (Å²) in [5.41, 5.74) is 1.05. The van der Waals surface area contributed by atoms with E-state index >= 15 is 0 Å². The number of carbonyl (C=O) groups is 1. The third kappa shape index (κ3) is 1.48. The van der Waals surface area contributed by atoms with Crippen molar-refractivity contribution in [2.45, 2.75) is 12.8 Å². The molecule has 1 heterocycles. The number of hydrogen-bond donors (Lipinski definition) is 0. The van der Waals surface area contributed by atoms with Gasteiger partial charge in [0.1, 0.15) is 0 Å². The van der Waals surface area contributed by atoms with Crippen molar-refractivity contribution in [3.05, 3.63) is 23.8 Å². The Bertz CT molecular complexity index is 304. The van der Waals surface area contributed by atoms with E-state index in [0.29, 0.717) is 13.2 Å². The average Bonchev–Trinajstić information content (AvgIpc) is 2.79. The lowest BCUT2D eigenvalue weighted by Crippen LogP contribution is -2.18. The number of rotatable bonds is 1. The molecule has 1 aliphatic carbocycles. The smallest absolute Gasteiger partial charge is 0.330 e. The Morgan fingerprint density at radius 3 is 3.21 bits per heavy atom. The van der Waals surface area contributed by atoms with Crippen molar-refractivity contribution in [3.63, 3.8) is 0 Å². The molecule has 0 aromatic carbocycles. The molecule has 3 nitrogen and oxygen atoms in total. The van der Waals surface area contributed by atoms with Crippen LogP contribution in [-0.4, -0.2) is 26.3 Å². The minimum atomic E-state index is -0.287. The predicted molar refractivity (Wildman–Crippen MR) is 51.7 cm³/mol. The SMILES string of the molecule is COC(=O)/C=C1/COC[C@@]12C=CCC2. The molecule has 3 heteroatoms. The lowest BCUT2D eigenvalue weighted by atomic mass is 9.82. The monoisotopic (exact) mass is 194 g/mol. The maximum Gasteiger partial charge on any atom is 0.330 e. The summed E-state index contributed by atoms with van der Waals surface area (Å²) in [6.07, 6.45) is 8.01. The molecule has 2 rings (SSSR count). The first-order chi connectivity index (χ1) is 6.77. The standard InChI is InChI=1S/C11H14O3/c1-13-10(12)6-9-7-14-8-11(9)4-2-3-5-11/h2,4,6H,3,5,7-8H2,1H3/b9-6-/t11-/m0/s1. The van der Waals surface area contributed by atoms with Gasteiger partial charge in [-0.25, -0.2) is 4.79 Å². The Morgan fingerprint density at radius 1 is 1.71 bits per heavy atom. The average molecular weight is 194 g/mol. The highest BCUT2D eigenvalue weighted by atomic mass is 16.5. The summed E-state index contributed by atoms with van der Waals surface area (Å²) in [6.45, 7) is 1.26. The van der Waals surface area contributed by atoms with Crippen molar-refractivity contribution in [2.75, 3.05) is 20.3 Å². The fraction of sp³-hybridized carbons (Fsp3) is 0.545. The van der Waals surface area contributed by atoms with E-state index in [1.54, 1.807) is 6.08 Å². The minimum absolute atomic E-state index is 0.00576. The van der Waals surface area contributed by atoms with Gasteiger partial charge in [0.15, 0.2) is 0 Å². The summed E-state index contributed by atoms with van der Waals surface area (Å²) in [5, 5.41) is 0. The number of esters is 1. The number of methoxy groups -OCH3 is 1. The molecule has 0 saturated carbocycles. The Hall–Kier alpha value is -1.09. The topological polar surface area (TPSA) is 35.5 Å². The van der Waals surface area contributed by atoms with Crippen LogP contribution in [0, 0.1) is 5.41 Å². The molecule has 0 amide bonds. The van der Waals surface area contributed by atoms with Crippen molar-refractivity contribution in [3.8, 4) is 0 Å². The van der Waals surface area contributed by atoms with Crippen LogP contribution in [-0.2, 0) is 14.3 Å². The van der Waals surface area contributed by atoms with Crippen molar-refractivity contribution < 1.29 is 14.3 Å². The lowest BCUT2D eigenvalue weighted by Gasteiger charge is -2.20. The number of allylic oxidation sites excluding steroid dienone is 1. The van der Waals surface area contributed by atoms with Gasteiger partial charge in [-0.05, 0) is 18.4 Å². The van der Waals surface area contributed by atoms with E-state index in [0.717, 1.165) is 18.4 Å². The van der Waals surface area contributed by atoms with Crippen LogP contribution in [0.25, 0.3) is 0 Å². The van der Waals surface area contributed by atoms with Crippen LogP contribution >= 0.6 is 0 Å². The maximum absolute atomic E-state index is 11.1. The van der Waals surface area contributed by atoms with Gasteiger partial charge < -0.3 is 9.47 Å². The van der Waals surface area contributed by atoms with Gasteiger partial charge in [0, 0.05) is 11.5 Å². The van der Waals surface area contributed by atoms with Crippen LogP contribution in [0.4, 0.5) is 0 Å². The van der Waals surface area contributed by atoms with E-state index in [1.807, 2.05) is 0 Å². The van der Waals surface area contributed by atoms with Gasteiger partial charge in [-0.1, -0.05) is 12.2 Å². The molecule has 1 fully saturated rings. The van der Waals surface area contributed by atoms with Crippen LogP contribution in [0.3, 0.4) is 0 Å². The molecule has 1 atom stereocenters. The number of carbonyl (C=O) groups excluding carboxylic acids is 1. The largest absolute Gasteiger partial charge is 0.466 e. The van der Waals surface area contributed by atoms with Crippen LogP contribution in [0.1, 0.15) is 12.8 Å². The highest BCUT2D eigenvalue weighted by Gasteiger charge is 2.39. The van der Waals surface area contributed by atoms with Crippen molar-refractivity contribution in [2.24, 2.45) is 5.41 Å². The van der Waals surface area contributed by atoms with Gasteiger partial charge in [-0.15, -0.1) is 0 Å². The zero-order valence-corrected chi connectivity index (χ0v) is 8.29. The minimum Gasteiger partial charge on any atom is -0.466 e. The first-order valence-corrected chi connectivity index (χ1v) is 4.81. The van der Waals surface area contributed by atoms with Crippen molar-refractivity contribution in [1.29, 1.82) is 0 Å². The quantitative estimate of drug-likeness (QED) is 0.360. The van der Waals surface area contributed by atoms with Crippen LogP contribution in [0.2, 0.25) is 0 Å². The molecule has 76 valence electrons. The third-order valence-electron chi connectivity index (χ3n) is 2.94. The summed E-state index contributed by atoms with van der Waals surface area (Å²) in [6, 6.07) is 0. The van der Waals surface area contributed by atoms with Gasteiger partial charge in [0.25, 0.3) is 0 Å². The summed E-state index contributed by atoms with van der Waals surface area (Å²) >= 11 is 0. The molecule has 0 unspecified atom stereocenters. The zero-order valence-electron chi connectivity index (χ0n) is 8.29. The molecular formula is C11H14O3. The van der Waals surface area contributed by atoms with Gasteiger partial charge in [0.05, 0.1) is 20.3 Å². The van der Waals surface area contributed by atoms with E-state index in [4.69, 9.17) is 4.74 Å². The summed E-state index contributed by atoms with van der Waals surface area (Å²) < 4.78 is 10.0. The Kier molecular flexibility index (Phi) is 2.42. The fourth-order valence-electron chi connectivity index (χ4n) is 2.09. The molecular weight excluding hydrogens is 180 g/mol. The zero-order chi connectivity index (χ0) is 10.0. The van der Waals surface area contributed by atoms with Crippen molar-refractivity contribution >= 4 is 5.97 Å². The summed E-state index contributed by atoms with van der Waals surface area (Å²) in [4.78, 5) is 11.1. The highest BCUT2D eigenvalue weighted by Crippen LogP contribution is 2.43. The Balaban J connectivity index is 2.22.